The van der Waals surface area contributed by atoms with Gasteiger partial charge < -0.3 is 9.84 Å². The lowest BCUT2D eigenvalue weighted by Crippen LogP contribution is -2.30. The minimum Gasteiger partial charge on any atom is -0.503 e. The maximum atomic E-state index is 13.5. The van der Waals surface area contributed by atoms with Gasteiger partial charge in [0.25, 0.3) is 5.91 Å². The van der Waals surface area contributed by atoms with Crippen LogP contribution < -0.4 is 9.64 Å². The number of aliphatic hydroxyl groups excluding tert-OH is 1. The summed E-state index contributed by atoms with van der Waals surface area (Å²) in [5, 5.41) is 12.7. The van der Waals surface area contributed by atoms with Crippen LogP contribution in [0.5, 0.6) is 5.75 Å². The highest BCUT2D eigenvalue weighted by Gasteiger charge is 2.45. The molecule has 6 nitrogen and oxygen atoms in total. The smallest absolute Gasteiger partial charge is 0.296 e. The van der Waals surface area contributed by atoms with E-state index in [1.165, 1.54) is 46.7 Å². The first-order valence-corrected chi connectivity index (χ1v) is 10.5. The molecule has 1 N–H and O–H groups in total. The molecule has 0 saturated heterocycles. The Labute approximate surface area is 182 Å². The second-order valence-electron chi connectivity index (χ2n) is 7.23. The number of thiazole rings is 1. The van der Waals surface area contributed by atoms with E-state index in [0.29, 0.717) is 22.0 Å². The van der Waals surface area contributed by atoms with Crippen LogP contribution in [-0.2, 0) is 4.79 Å². The average molecular weight is 438 g/mol. The van der Waals surface area contributed by atoms with Crippen LogP contribution in [0.1, 0.15) is 35.8 Å². The molecule has 1 amide bonds. The van der Waals surface area contributed by atoms with Gasteiger partial charge in [-0.3, -0.25) is 14.5 Å². The summed E-state index contributed by atoms with van der Waals surface area (Å²) in [6.07, 6.45) is 1.51. The molecule has 0 radical (unpaired) electrons. The first-order valence-electron chi connectivity index (χ1n) is 9.60. The number of rotatable bonds is 6. The van der Waals surface area contributed by atoms with Crippen LogP contribution in [0.3, 0.4) is 0 Å². The van der Waals surface area contributed by atoms with Crippen LogP contribution in [-0.4, -0.2) is 27.9 Å². The Morgan fingerprint density at radius 3 is 2.42 bits per heavy atom. The van der Waals surface area contributed by atoms with Gasteiger partial charge in [-0.1, -0.05) is 12.1 Å². The second kappa shape index (κ2) is 8.31. The van der Waals surface area contributed by atoms with E-state index in [4.69, 9.17) is 4.74 Å². The Morgan fingerprint density at radius 2 is 1.84 bits per heavy atom. The maximum Gasteiger partial charge on any atom is 0.296 e. The summed E-state index contributed by atoms with van der Waals surface area (Å²) >= 11 is 1.20. The van der Waals surface area contributed by atoms with Crippen LogP contribution >= 0.6 is 11.3 Å². The fourth-order valence-electron chi connectivity index (χ4n) is 3.44. The molecule has 3 aromatic rings. The molecule has 1 atom stereocenters. The Balaban J connectivity index is 1.77. The van der Waals surface area contributed by atoms with Crippen molar-refractivity contribution in [2.45, 2.75) is 26.0 Å². The number of ether oxygens (including phenoxy) is 1. The van der Waals surface area contributed by atoms with E-state index in [1.807, 2.05) is 13.8 Å². The Kier molecular flexibility index (Phi) is 5.56. The molecule has 1 aromatic heterocycles. The van der Waals surface area contributed by atoms with Crippen LogP contribution in [0.15, 0.2) is 71.4 Å². The first-order chi connectivity index (χ1) is 14.9. The number of aromatic nitrogens is 1. The van der Waals surface area contributed by atoms with Crippen LogP contribution in [0.4, 0.5) is 9.52 Å². The zero-order chi connectivity index (χ0) is 22.1. The summed E-state index contributed by atoms with van der Waals surface area (Å²) in [7, 11) is 0. The first kappa shape index (κ1) is 20.7. The van der Waals surface area contributed by atoms with Crippen molar-refractivity contribution < 1.29 is 23.8 Å². The van der Waals surface area contributed by atoms with Gasteiger partial charge in [0.2, 0.25) is 0 Å². The molecule has 0 fully saturated rings. The standard InChI is InChI=1S/C23H19FN2O4S/c1-13(2)30-17-9-5-15(6-10-17)20(27)18-19(14-3-7-16(24)8-4-14)26(22(29)21(18)28)23-25-11-12-31-23/h3-13,19,28H,1-2H3. The van der Waals surface area contributed by atoms with Gasteiger partial charge >= 0.3 is 0 Å². The van der Waals surface area contributed by atoms with Crippen molar-refractivity contribution in [3.63, 3.8) is 0 Å². The molecule has 4 rings (SSSR count). The molecule has 1 aliphatic rings. The number of Topliss-reactive ketones (excluding diaryl/α,β-unsaturated/α-hetero) is 1. The lowest BCUT2D eigenvalue weighted by Gasteiger charge is -2.24. The Morgan fingerprint density at radius 1 is 1.16 bits per heavy atom. The van der Waals surface area contributed by atoms with Crippen molar-refractivity contribution in [1.29, 1.82) is 0 Å². The van der Waals surface area contributed by atoms with E-state index in [9.17, 15) is 19.1 Å². The van der Waals surface area contributed by atoms with Gasteiger partial charge in [-0.05, 0) is 55.8 Å². The van der Waals surface area contributed by atoms with E-state index in [0.717, 1.165) is 0 Å². The lowest BCUT2D eigenvalue weighted by molar-refractivity contribution is -0.117. The average Bonchev–Trinajstić information content (AvgIpc) is 3.35. The van der Waals surface area contributed by atoms with E-state index in [1.54, 1.807) is 29.6 Å². The highest BCUT2D eigenvalue weighted by atomic mass is 32.1. The van der Waals surface area contributed by atoms with Crippen LogP contribution in [0, 0.1) is 5.82 Å². The number of hydrogen-bond donors (Lipinski definition) is 1. The zero-order valence-corrected chi connectivity index (χ0v) is 17.6. The maximum absolute atomic E-state index is 13.5. The van der Waals surface area contributed by atoms with Crippen molar-refractivity contribution in [3.05, 3.63) is 88.4 Å². The molecule has 8 heteroatoms. The van der Waals surface area contributed by atoms with Gasteiger partial charge in [-0.2, -0.15) is 0 Å². The zero-order valence-electron chi connectivity index (χ0n) is 16.8. The molecule has 0 aliphatic carbocycles. The number of amides is 1. The number of halogens is 1. The SMILES string of the molecule is CC(C)Oc1ccc(C(=O)C2=C(O)C(=O)N(c3nccs3)C2c2ccc(F)cc2)cc1. The number of aliphatic hydroxyl groups is 1. The second-order valence-corrected chi connectivity index (χ2v) is 8.10. The molecule has 158 valence electrons. The van der Waals surface area contributed by atoms with Crippen molar-refractivity contribution in [2.24, 2.45) is 0 Å². The molecule has 2 aromatic carbocycles. The number of ketones is 1. The molecule has 1 unspecified atom stereocenters. The Hall–Kier alpha value is -3.52. The predicted molar refractivity (Wildman–Crippen MR) is 115 cm³/mol. The van der Waals surface area contributed by atoms with Gasteiger partial charge in [0.05, 0.1) is 17.7 Å². The monoisotopic (exact) mass is 438 g/mol. The van der Waals surface area contributed by atoms with Gasteiger partial charge in [-0.25, -0.2) is 9.37 Å². The molecule has 0 bridgehead atoms. The topological polar surface area (TPSA) is 79.7 Å². The molecular weight excluding hydrogens is 419 g/mol. The highest BCUT2D eigenvalue weighted by molar-refractivity contribution is 7.13. The number of carbonyl (C=O) groups excluding carboxylic acids is 2. The largest absolute Gasteiger partial charge is 0.503 e. The normalized spacial score (nSPS) is 16.3. The molecule has 0 spiro atoms. The highest BCUT2D eigenvalue weighted by Crippen LogP contribution is 2.42. The fourth-order valence-corrected chi connectivity index (χ4v) is 4.11. The third-order valence-electron chi connectivity index (χ3n) is 4.75. The number of anilines is 1. The van der Waals surface area contributed by atoms with E-state index in [-0.39, 0.29) is 11.7 Å². The van der Waals surface area contributed by atoms with Crippen molar-refractivity contribution in [1.82, 2.24) is 4.98 Å². The van der Waals surface area contributed by atoms with Crippen molar-refractivity contribution in [3.8, 4) is 5.75 Å². The molecule has 0 saturated carbocycles. The van der Waals surface area contributed by atoms with Crippen LogP contribution in [0.2, 0.25) is 0 Å². The number of hydrogen-bond acceptors (Lipinski definition) is 6. The number of nitrogens with zero attached hydrogens (tertiary/aromatic N) is 2. The van der Waals surface area contributed by atoms with Crippen LogP contribution in [0.25, 0.3) is 0 Å². The van der Waals surface area contributed by atoms with Gasteiger partial charge in [-0.15, -0.1) is 11.3 Å². The third kappa shape index (κ3) is 3.94. The molecule has 1 aliphatic heterocycles. The van der Waals surface area contributed by atoms with Gasteiger partial charge in [0.1, 0.15) is 11.6 Å². The molecule has 31 heavy (non-hydrogen) atoms. The summed E-state index contributed by atoms with van der Waals surface area (Å²) < 4.78 is 19.1. The minimum atomic E-state index is -0.932. The van der Waals surface area contributed by atoms with Crippen molar-refractivity contribution >= 4 is 28.2 Å². The minimum absolute atomic E-state index is 0.0181. The number of carbonyl (C=O) groups is 2. The summed E-state index contributed by atoms with van der Waals surface area (Å²) in [5.74, 6) is -1.72. The fraction of sp³-hybridized carbons (Fsp3) is 0.174. The quantitative estimate of drug-likeness (QED) is 0.557. The summed E-state index contributed by atoms with van der Waals surface area (Å²) in [6, 6.07) is 11.0. The van der Waals surface area contributed by atoms with Gasteiger partial charge in [0, 0.05) is 17.1 Å². The van der Waals surface area contributed by atoms with E-state index >= 15 is 0 Å². The molecular formula is C23H19FN2O4S. The lowest BCUT2D eigenvalue weighted by atomic mass is 9.93. The predicted octanol–water partition coefficient (Wildman–Crippen LogP) is 4.85. The Bertz CT molecular complexity index is 1140. The summed E-state index contributed by atoms with van der Waals surface area (Å²) in [4.78, 5) is 31.7. The number of benzene rings is 2. The molecule has 2 heterocycles. The third-order valence-corrected chi connectivity index (χ3v) is 5.52. The summed E-state index contributed by atoms with van der Waals surface area (Å²) in [6.45, 7) is 3.79. The van der Waals surface area contributed by atoms with Crippen molar-refractivity contribution in [2.75, 3.05) is 4.90 Å². The van der Waals surface area contributed by atoms with E-state index in [2.05, 4.69) is 4.98 Å². The van der Waals surface area contributed by atoms with Gasteiger partial charge in [0.15, 0.2) is 16.7 Å². The summed E-state index contributed by atoms with van der Waals surface area (Å²) in [5.41, 5.74) is 0.694. The van der Waals surface area contributed by atoms with E-state index < -0.39 is 29.3 Å².